The number of aromatic nitrogens is 3. The van der Waals surface area contributed by atoms with Crippen LogP contribution >= 0.6 is 11.6 Å². The van der Waals surface area contributed by atoms with Crippen LogP contribution in [0.1, 0.15) is 55.5 Å². The highest BCUT2D eigenvalue weighted by molar-refractivity contribution is 7.91. The van der Waals surface area contributed by atoms with E-state index in [2.05, 4.69) is 30.9 Å². The lowest BCUT2D eigenvalue weighted by Crippen LogP contribution is -2.43. The summed E-state index contributed by atoms with van der Waals surface area (Å²) in [5.41, 5.74) is 0.665. The summed E-state index contributed by atoms with van der Waals surface area (Å²) in [7, 11) is -4.19. The number of nitrogens with one attached hydrogen (secondary N) is 4. The monoisotopic (exact) mass is 697 g/mol. The van der Waals surface area contributed by atoms with E-state index in [1.54, 1.807) is 26.0 Å². The molecular formula is C29H31ClF3N7O6S. The maximum absolute atomic E-state index is 13.0. The highest BCUT2D eigenvalue weighted by Gasteiger charge is 2.56. The first-order valence-electron chi connectivity index (χ1n) is 14.4. The third-order valence-electron chi connectivity index (χ3n) is 7.36. The molecule has 18 heteroatoms. The summed E-state index contributed by atoms with van der Waals surface area (Å²) in [6.07, 6.45) is -3.54. The lowest BCUT2D eigenvalue weighted by atomic mass is 10.1. The fourth-order valence-electron chi connectivity index (χ4n) is 4.50. The summed E-state index contributed by atoms with van der Waals surface area (Å²) in [5.74, 6) is -1.09. The van der Waals surface area contributed by atoms with Gasteiger partial charge in [-0.3, -0.25) is 4.79 Å². The molecule has 2 fully saturated rings. The predicted molar refractivity (Wildman–Crippen MR) is 165 cm³/mol. The van der Waals surface area contributed by atoms with E-state index in [1.807, 2.05) is 16.9 Å². The third-order valence-corrected chi connectivity index (χ3v) is 9.73. The quantitative estimate of drug-likeness (QED) is 0.189. The minimum absolute atomic E-state index is 0.000708. The number of benzene rings is 2. The van der Waals surface area contributed by atoms with Crippen molar-refractivity contribution in [3.05, 3.63) is 64.7 Å². The Kier molecular flexibility index (Phi) is 9.41. The van der Waals surface area contributed by atoms with Gasteiger partial charge in [-0.15, -0.1) is 0 Å². The van der Waals surface area contributed by atoms with E-state index < -0.39 is 57.7 Å². The largest absolute Gasteiger partial charge is 0.454 e. The van der Waals surface area contributed by atoms with Crippen LogP contribution in [0.25, 0.3) is 0 Å². The zero-order valence-electron chi connectivity index (χ0n) is 25.2. The van der Waals surface area contributed by atoms with Crippen LogP contribution in [-0.2, 0) is 20.3 Å². The number of alkyl carbamates (subject to hydrolysis) is 1. The minimum atomic E-state index is -4.63. The second kappa shape index (κ2) is 13.0. The molecular weight excluding hydrogens is 667 g/mol. The maximum Gasteiger partial charge on any atom is 0.422 e. The highest BCUT2D eigenvalue weighted by Crippen LogP contribution is 2.48. The Balaban J connectivity index is 1.27. The van der Waals surface area contributed by atoms with E-state index in [1.165, 1.54) is 24.3 Å². The molecule has 1 heterocycles. The van der Waals surface area contributed by atoms with Gasteiger partial charge in [0.15, 0.2) is 6.61 Å². The van der Waals surface area contributed by atoms with Gasteiger partial charge in [0.05, 0.1) is 5.54 Å². The van der Waals surface area contributed by atoms with Crippen LogP contribution in [0.3, 0.4) is 0 Å². The van der Waals surface area contributed by atoms with Gasteiger partial charge < -0.3 is 25.4 Å². The fraction of sp³-hybridized carbons (Fsp3) is 0.414. The molecule has 0 spiro atoms. The van der Waals surface area contributed by atoms with E-state index in [-0.39, 0.29) is 36.3 Å². The lowest BCUT2D eigenvalue weighted by molar-refractivity contribution is -0.154. The molecule has 0 unspecified atom stereocenters. The first-order valence-corrected chi connectivity index (χ1v) is 16.3. The van der Waals surface area contributed by atoms with Gasteiger partial charge in [0, 0.05) is 22.3 Å². The number of nitrogens with zero attached hydrogens (tertiary/aromatic N) is 3. The van der Waals surface area contributed by atoms with Crippen LogP contribution < -0.4 is 25.4 Å². The van der Waals surface area contributed by atoms with E-state index in [0.717, 1.165) is 5.56 Å². The molecule has 252 valence electrons. The SMILES string of the molecule is CC(C)NC(=O)OCC1(S(=O)(=O)NC(=O)c2ccc(Nc3nc(NC4(c5ccc(Cl)cc5)CC4)nc(OCC(F)(F)F)n3)cc2)CC1. The summed E-state index contributed by atoms with van der Waals surface area (Å²) < 4.78 is 75.0. The van der Waals surface area contributed by atoms with E-state index in [4.69, 9.17) is 21.1 Å². The number of hydrogen-bond donors (Lipinski definition) is 4. The van der Waals surface area contributed by atoms with Gasteiger partial charge >= 0.3 is 18.3 Å². The first-order chi connectivity index (χ1) is 22.1. The summed E-state index contributed by atoms with van der Waals surface area (Å²) in [6.45, 7) is 1.42. The summed E-state index contributed by atoms with van der Waals surface area (Å²) in [6, 6.07) is 11.9. The van der Waals surface area contributed by atoms with Crippen molar-refractivity contribution in [2.75, 3.05) is 23.8 Å². The molecule has 2 aliphatic rings. The molecule has 1 aromatic heterocycles. The van der Waals surface area contributed by atoms with Gasteiger partial charge in [-0.2, -0.15) is 28.1 Å². The zero-order chi connectivity index (χ0) is 34.0. The number of anilines is 3. The van der Waals surface area contributed by atoms with Gasteiger partial charge in [-0.05, 0) is 81.5 Å². The molecule has 0 aliphatic heterocycles. The first kappa shape index (κ1) is 34.0. The normalized spacial score (nSPS) is 16.1. The van der Waals surface area contributed by atoms with Gasteiger partial charge in [0.25, 0.3) is 5.91 Å². The van der Waals surface area contributed by atoms with E-state index in [9.17, 15) is 31.2 Å². The zero-order valence-corrected chi connectivity index (χ0v) is 26.7. The highest BCUT2D eigenvalue weighted by atomic mass is 35.5. The molecule has 0 bridgehead atoms. The Labute approximate surface area is 273 Å². The molecule has 0 radical (unpaired) electrons. The Hall–Kier alpha value is -4.38. The summed E-state index contributed by atoms with van der Waals surface area (Å²) in [5, 5.41) is 9.06. The van der Waals surface area contributed by atoms with Crippen LogP contribution in [-0.4, -0.2) is 65.5 Å². The van der Waals surface area contributed by atoms with Gasteiger partial charge in [-0.25, -0.2) is 17.9 Å². The number of carbonyl (C=O) groups excluding carboxylic acids is 2. The number of amides is 2. The number of alkyl halides is 3. The Morgan fingerprint density at radius 1 is 0.957 bits per heavy atom. The minimum Gasteiger partial charge on any atom is -0.454 e. The molecule has 2 aliphatic carbocycles. The molecule has 3 aromatic rings. The second-order valence-electron chi connectivity index (χ2n) is 11.6. The second-order valence-corrected chi connectivity index (χ2v) is 14.1. The Morgan fingerprint density at radius 2 is 1.60 bits per heavy atom. The van der Waals surface area contributed by atoms with Crippen LogP contribution in [0, 0.1) is 0 Å². The molecule has 0 saturated heterocycles. The number of ether oxygens (including phenoxy) is 2. The standard InChI is InChI=1S/C29H31ClF3N7O6S/c1-17(2)34-26(42)46-15-27(11-12-27)47(43,44)40-22(41)18-3-9-21(10-4-18)35-23-36-24(38-25(37-23)45-16-29(31,32)33)39-28(13-14-28)19-5-7-20(30)8-6-19/h3-10,17H,11-16H2,1-2H3,(H,34,42)(H,40,41)(H2,35,36,37,38,39). The molecule has 2 saturated carbocycles. The predicted octanol–water partition coefficient (Wildman–Crippen LogP) is 5.04. The van der Waals surface area contributed by atoms with Crippen LogP contribution in [0.4, 0.5) is 35.5 Å². The maximum atomic E-state index is 13.0. The third kappa shape index (κ3) is 8.71. The molecule has 13 nitrogen and oxygen atoms in total. The Bertz CT molecular complexity index is 1730. The van der Waals surface area contributed by atoms with Crippen molar-refractivity contribution < 1.29 is 40.7 Å². The van der Waals surface area contributed by atoms with E-state index in [0.29, 0.717) is 23.6 Å². The fourth-order valence-corrected chi connectivity index (χ4v) is 6.06. The van der Waals surface area contributed by atoms with Crippen LogP contribution in [0.2, 0.25) is 5.02 Å². The summed E-state index contributed by atoms with van der Waals surface area (Å²) in [4.78, 5) is 36.9. The number of sulfonamides is 1. The van der Waals surface area contributed by atoms with E-state index >= 15 is 0 Å². The molecule has 2 amide bonds. The number of hydrogen-bond acceptors (Lipinski definition) is 11. The molecule has 2 aromatic carbocycles. The molecule has 0 atom stereocenters. The Morgan fingerprint density at radius 3 is 2.17 bits per heavy atom. The van der Waals surface area contributed by atoms with Crippen molar-refractivity contribution in [1.29, 1.82) is 0 Å². The van der Waals surface area contributed by atoms with Crippen molar-refractivity contribution >= 4 is 51.2 Å². The number of rotatable bonds is 13. The summed E-state index contributed by atoms with van der Waals surface area (Å²) >= 11 is 6.01. The van der Waals surface area contributed by atoms with Crippen molar-refractivity contribution in [2.24, 2.45) is 0 Å². The van der Waals surface area contributed by atoms with Crippen LogP contribution in [0.5, 0.6) is 6.01 Å². The van der Waals surface area contributed by atoms with Crippen molar-refractivity contribution in [2.45, 2.75) is 62.0 Å². The van der Waals surface area contributed by atoms with Crippen LogP contribution in [0.15, 0.2) is 48.5 Å². The molecule has 47 heavy (non-hydrogen) atoms. The topological polar surface area (TPSA) is 174 Å². The van der Waals surface area contributed by atoms with Crippen molar-refractivity contribution in [3.63, 3.8) is 0 Å². The van der Waals surface area contributed by atoms with Gasteiger partial charge in [0.2, 0.25) is 21.9 Å². The van der Waals surface area contributed by atoms with Gasteiger partial charge in [0.1, 0.15) is 11.4 Å². The average Bonchev–Trinajstić information content (AvgIpc) is 3.92. The lowest BCUT2D eigenvalue weighted by Gasteiger charge is -2.19. The number of halogens is 4. The smallest absolute Gasteiger partial charge is 0.422 e. The molecule has 5 rings (SSSR count). The van der Waals surface area contributed by atoms with Gasteiger partial charge in [-0.1, -0.05) is 23.7 Å². The number of carbonyl (C=O) groups is 2. The van der Waals surface area contributed by atoms with Crippen molar-refractivity contribution in [1.82, 2.24) is 25.0 Å². The van der Waals surface area contributed by atoms with Crippen molar-refractivity contribution in [3.8, 4) is 6.01 Å². The molecule has 4 N–H and O–H groups in total. The average molecular weight is 698 g/mol.